The molecule has 0 aliphatic carbocycles. The summed E-state index contributed by atoms with van der Waals surface area (Å²) in [5, 5.41) is 19.0. The van der Waals surface area contributed by atoms with E-state index in [4.69, 9.17) is 14.6 Å². The molecule has 0 amide bonds. The highest BCUT2D eigenvalue weighted by atomic mass is 16.6. The van der Waals surface area contributed by atoms with Crippen LogP contribution < -0.4 is 11.2 Å². The molecule has 1 aliphatic heterocycles. The summed E-state index contributed by atoms with van der Waals surface area (Å²) in [6.07, 6.45) is -2.27. The van der Waals surface area contributed by atoms with Crippen LogP contribution in [0.25, 0.3) is 0 Å². The zero-order valence-corrected chi connectivity index (χ0v) is 10.6. The number of nitrogens with zero attached hydrogens (tertiary/aromatic N) is 1. The molecule has 1 aromatic heterocycles. The molecule has 0 unspecified atom stereocenters. The molecular formula is C11H16N2O6. The van der Waals surface area contributed by atoms with Gasteiger partial charge in [0.2, 0.25) is 0 Å². The molecule has 2 heterocycles. The Morgan fingerprint density at radius 2 is 2.21 bits per heavy atom. The molecule has 0 aromatic carbocycles. The number of aliphatic hydroxyl groups excluding tert-OH is 2. The van der Waals surface area contributed by atoms with Gasteiger partial charge in [-0.15, -0.1) is 0 Å². The topological polar surface area (TPSA) is 114 Å². The Kier molecular flexibility index (Phi) is 3.85. The standard InChI is InChI=1S/C11H16N2O6/c1-5-3-13(11(17)12-9(5)16)10-8(18-2)7(15)6(4-14)19-10/h3,6-8,10,14-15H,4H2,1-2H3,(H,12,16,17)/t6-,7-,8-,10-/m0/s1. The van der Waals surface area contributed by atoms with Gasteiger partial charge in [0.1, 0.15) is 18.3 Å². The molecule has 2 rings (SSSR count). The maximum atomic E-state index is 11.8. The number of aryl methyl sites for hydroxylation is 1. The Labute approximate surface area is 108 Å². The third-order valence-electron chi connectivity index (χ3n) is 3.18. The summed E-state index contributed by atoms with van der Waals surface area (Å²) in [5.74, 6) is 0. The first-order valence-corrected chi connectivity index (χ1v) is 5.78. The van der Waals surface area contributed by atoms with Crippen LogP contribution in [-0.2, 0) is 9.47 Å². The van der Waals surface area contributed by atoms with Gasteiger partial charge in [-0.05, 0) is 6.92 Å². The van der Waals surface area contributed by atoms with Gasteiger partial charge >= 0.3 is 5.69 Å². The molecule has 1 fully saturated rings. The highest BCUT2D eigenvalue weighted by molar-refractivity contribution is 5.03. The number of ether oxygens (including phenoxy) is 2. The lowest BCUT2D eigenvalue weighted by Crippen LogP contribution is -2.39. The molecule has 0 spiro atoms. The van der Waals surface area contributed by atoms with Crippen molar-refractivity contribution in [2.75, 3.05) is 13.7 Å². The average Bonchev–Trinajstić information content (AvgIpc) is 2.70. The zero-order valence-electron chi connectivity index (χ0n) is 10.6. The molecule has 19 heavy (non-hydrogen) atoms. The van der Waals surface area contributed by atoms with E-state index in [0.29, 0.717) is 5.56 Å². The highest BCUT2D eigenvalue weighted by Gasteiger charge is 2.45. The van der Waals surface area contributed by atoms with E-state index in [2.05, 4.69) is 4.98 Å². The van der Waals surface area contributed by atoms with E-state index in [0.717, 1.165) is 4.57 Å². The Morgan fingerprint density at radius 3 is 2.79 bits per heavy atom. The third-order valence-corrected chi connectivity index (χ3v) is 3.18. The second kappa shape index (κ2) is 5.25. The van der Waals surface area contributed by atoms with Crippen molar-refractivity contribution in [1.29, 1.82) is 0 Å². The number of aliphatic hydroxyl groups is 2. The van der Waals surface area contributed by atoms with E-state index in [-0.39, 0.29) is 0 Å². The number of rotatable bonds is 3. The molecule has 8 nitrogen and oxygen atoms in total. The summed E-state index contributed by atoms with van der Waals surface area (Å²) in [5.41, 5.74) is -0.805. The molecule has 1 aliphatic rings. The summed E-state index contributed by atoms with van der Waals surface area (Å²) in [7, 11) is 1.37. The fraction of sp³-hybridized carbons (Fsp3) is 0.636. The first-order chi connectivity index (χ1) is 8.99. The summed E-state index contributed by atoms with van der Waals surface area (Å²) in [6.45, 7) is 1.15. The van der Waals surface area contributed by atoms with E-state index < -0.39 is 42.4 Å². The highest BCUT2D eigenvalue weighted by Crippen LogP contribution is 2.30. The maximum absolute atomic E-state index is 11.8. The number of methoxy groups -OCH3 is 1. The van der Waals surface area contributed by atoms with E-state index in [9.17, 15) is 14.7 Å². The number of aromatic amines is 1. The maximum Gasteiger partial charge on any atom is 0.330 e. The van der Waals surface area contributed by atoms with E-state index in [1.54, 1.807) is 6.92 Å². The van der Waals surface area contributed by atoms with Crippen LogP contribution in [0.3, 0.4) is 0 Å². The van der Waals surface area contributed by atoms with Crippen molar-refractivity contribution in [3.05, 3.63) is 32.6 Å². The average molecular weight is 272 g/mol. The van der Waals surface area contributed by atoms with Crippen LogP contribution in [-0.4, -0.2) is 51.8 Å². The van der Waals surface area contributed by atoms with Crippen LogP contribution >= 0.6 is 0 Å². The number of H-pyrrole nitrogens is 1. The van der Waals surface area contributed by atoms with Crippen LogP contribution in [0.15, 0.2) is 15.8 Å². The lowest BCUT2D eigenvalue weighted by Gasteiger charge is -2.20. The van der Waals surface area contributed by atoms with E-state index in [1.807, 2.05) is 0 Å². The second-order valence-electron chi connectivity index (χ2n) is 4.42. The minimum absolute atomic E-state index is 0.333. The largest absolute Gasteiger partial charge is 0.394 e. The predicted molar refractivity (Wildman–Crippen MR) is 63.9 cm³/mol. The van der Waals surface area contributed by atoms with Crippen molar-refractivity contribution in [2.24, 2.45) is 0 Å². The number of hydrogen-bond acceptors (Lipinski definition) is 6. The van der Waals surface area contributed by atoms with Gasteiger partial charge in [0.15, 0.2) is 6.23 Å². The SMILES string of the molecule is CO[C@H]1[C@@H](O)[C@H](CO)O[C@@H]1n1cc(C)c(=O)[nH]c1=O. The van der Waals surface area contributed by atoms with Gasteiger partial charge in [0.25, 0.3) is 5.56 Å². The molecule has 106 valence electrons. The van der Waals surface area contributed by atoms with Gasteiger partial charge in [-0.1, -0.05) is 0 Å². The molecule has 0 radical (unpaired) electrons. The minimum atomic E-state index is -1.06. The Morgan fingerprint density at radius 1 is 1.53 bits per heavy atom. The lowest BCUT2D eigenvalue weighted by molar-refractivity contribution is -0.0626. The van der Waals surface area contributed by atoms with Crippen LogP contribution in [0.5, 0.6) is 0 Å². The summed E-state index contributed by atoms with van der Waals surface area (Å²) in [6, 6.07) is 0. The predicted octanol–water partition coefficient (Wildman–Crippen LogP) is -1.89. The molecule has 8 heteroatoms. The monoisotopic (exact) mass is 272 g/mol. The van der Waals surface area contributed by atoms with E-state index in [1.165, 1.54) is 13.3 Å². The van der Waals surface area contributed by atoms with Crippen LogP contribution in [0.4, 0.5) is 0 Å². The van der Waals surface area contributed by atoms with Crippen molar-refractivity contribution in [2.45, 2.75) is 31.5 Å². The smallest absolute Gasteiger partial charge is 0.330 e. The number of nitrogens with one attached hydrogen (secondary N) is 1. The first kappa shape index (κ1) is 13.9. The van der Waals surface area contributed by atoms with Crippen molar-refractivity contribution >= 4 is 0 Å². The summed E-state index contributed by atoms with van der Waals surface area (Å²) >= 11 is 0. The van der Waals surface area contributed by atoms with Gasteiger partial charge in [-0.25, -0.2) is 4.79 Å². The van der Waals surface area contributed by atoms with Gasteiger partial charge in [0, 0.05) is 18.9 Å². The zero-order chi connectivity index (χ0) is 14.2. The van der Waals surface area contributed by atoms with Crippen LogP contribution in [0.2, 0.25) is 0 Å². The molecule has 4 atom stereocenters. The van der Waals surface area contributed by atoms with Crippen molar-refractivity contribution in [3.63, 3.8) is 0 Å². The number of aromatic nitrogens is 2. The fourth-order valence-corrected chi connectivity index (χ4v) is 2.12. The Balaban J connectivity index is 2.44. The molecule has 3 N–H and O–H groups in total. The third kappa shape index (κ3) is 2.35. The molecule has 0 bridgehead atoms. The Hall–Kier alpha value is -1.48. The van der Waals surface area contributed by atoms with Crippen molar-refractivity contribution < 1.29 is 19.7 Å². The van der Waals surface area contributed by atoms with Gasteiger partial charge in [-0.2, -0.15) is 0 Å². The summed E-state index contributed by atoms with van der Waals surface area (Å²) < 4.78 is 11.7. The molecule has 1 aromatic rings. The molecule has 1 saturated heterocycles. The Bertz CT molecular complexity index is 565. The fourth-order valence-electron chi connectivity index (χ4n) is 2.12. The normalized spacial score (nSPS) is 30.7. The minimum Gasteiger partial charge on any atom is -0.394 e. The summed E-state index contributed by atoms with van der Waals surface area (Å²) in [4.78, 5) is 25.2. The van der Waals surface area contributed by atoms with E-state index >= 15 is 0 Å². The van der Waals surface area contributed by atoms with Gasteiger partial charge < -0.3 is 19.7 Å². The second-order valence-corrected chi connectivity index (χ2v) is 4.42. The van der Waals surface area contributed by atoms with Gasteiger partial charge in [0.05, 0.1) is 6.61 Å². The van der Waals surface area contributed by atoms with Crippen LogP contribution in [0.1, 0.15) is 11.8 Å². The molecule has 0 saturated carbocycles. The number of hydrogen-bond donors (Lipinski definition) is 3. The van der Waals surface area contributed by atoms with Crippen molar-refractivity contribution in [1.82, 2.24) is 9.55 Å². The lowest BCUT2D eigenvalue weighted by atomic mass is 10.1. The van der Waals surface area contributed by atoms with Crippen molar-refractivity contribution in [3.8, 4) is 0 Å². The van der Waals surface area contributed by atoms with Crippen LogP contribution in [0, 0.1) is 6.92 Å². The first-order valence-electron chi connectivity index (χ1n) is 5.78. The quantitative estimate of drug-likeness (QED) is 0.593. The van der Waals surface area contributed by atoms with Gasteiger partial charge in [-0.3, -0.25) is 14.3 Å². The molecular weight excluding hydrogens is 256 g/mol.